The number of rotatable bonds is 5. The van der Waals surface area contributed by atoms with E-state index in [-0.39, 0.29) is 27.5 Å². The fourth-order valence-corrected chi connectivity index (χ4v) is 4.83. The maximum Gasteiger partial charge on any atom is 0.283 e. The molecule has 0 saturated carbocycles. The number of carbonyl (C=O) groups excluding carboxylic acids is 1. The van der Waals surface area contributed by atoms with Crippen LogP contribution in [0.25, 0.3) is 6.08 Å². The van der Waals surface area contributed by atoms with E-state index in [0.717, 1.165) is 41.2 Å². The maximum atomic E-state index is 12.4. The molecule has 0 fully saturated rings. The second-order valence-electron chi connectivity index (χ2n) is 6.07. The number of sulfone groups is 1. The monoisotopic (exact) mass is 419 g/mol. The van der Waals surface area contributed by atoms with Crippen LogP contribution in [0.4, 0.5) is 5.69 Å². The molecule has 10 heteroatoms. The summed E-state index contributed by atoms with van der Waals surface area (Å²) < 4.78 is 28.4. The largest absolute Gasteiger partial charge is 0.372 e. The molecule has 1 N–H and O–H groups in total. The second kappa shape index (κ2) is 7.88. The van der Waals surface area contributed by atoms with Crippen molar-refractivity contribution in [3.05, 3.63) is 35.4 Å². The van der Waals surface area contributed by atoms with Crippen LogP contribution < -0.4 is 4.90 Å². The number of fused-ring (bicyclic) bond motifs is 1. The van der Waals surface area contributed by atoms with Gasteiger partial charge in [0, 0.05) is 18.8 Å². The van der Waals surface area contributed by atoms with Gasteiger partial charge in [0.25, 0.3) is 5.91 Å². The molecule has 8 nitrogen and oxygen atoms in total. The predicted octanol–water partition coefficient (Wildman–Crippen LogP) is 2.54. The van der Waals surface area contributed by atoms with Crippen LogP contribution in [0.3, 0.4) is 0 Å². The first-order chi connectivity index (χ1) is 13.3. The van der Waals surface area contributed by atoms with E-state index in [9.17, 15) is 13.2 Å². The van der Waals surface area contributed by atoms with E-state index in [1.807, 2.05) is 24.3 Å². The van der Waals surface area contributed by atoms with Crippen LogP contribution >= 0.6 is 11.9 Å². The van der Waals surface area contributed by atoms with Crippen molar-refractivity contribution in [3.8, 4) is 0 Å². The fraction of sp³-hybridized carbons (Fsp3) is 0.333. The molecule has 1 aromatic carbocycles. The van der Waals surface area contributed by atoms with Crippen molar-refractivity contribution >= 4 is 55.6 Å². The van der Waals surface area contributed by atoms with Crippen molar-refractivity contribution in [2.45, 2.75) is 20.8 Å². The highest BCUT2D eigenvalue weighted by Crippen LogP contribution is 2.30. The van der Waals surface area contributed by atoms with Crippen LogP contribution in [-0.2, 0) is 14.6 Å². The SMILES string of the molecule is CCN(CC)c1ccc(/C=C2/C(=N)N3C(=NC2=O)SN=C3S(=O)(=O)CC)cc1. The molecule has 0 radical (unpaired) electrons. The summed E-state index contributed by atoms with van der Waals surface area (Å²) in [5.74, 6) is -0.964. The number of anilines is 1. The summed E-state index contributed by atoms with van der Waals surface area (Å²) in [6, 6.07) is 7.62. The van der Waals surface area contributed by atoms with Crippen LogP contribution in [0.5, 0.6) is 0 Å². The molecule has 1 amide bonds. The van der Waals surface area contributed by atoms with Gasteiger partial charge < -0.3 is 4.90 Å². The number of amides is 1. The average molecular weight is 420 g/mol. The van der Waals surface area contributed by atoms with Gasteiger partial charge in [0.15, 0.2) is 0 Å². The summed E-state index contributed by atoms with van der Waals surface area (Å²) in [7, 11) is -3.65. The molecule has 0 saturated heterocycles. The van der Waals surface area contributed by atoms with Crippen molar-refractivity contribution in [1.82, 2.24) is 4.90 Å². The minimum Gasteiger partial charge on any atom is -0.372 e. The Balaban J connectivity index is 1.94. The maximum absolute atomic E-state index is 12.4. The Labute approximate surface area is 168 Å². The Morgan fingerprint density at radius 1 is 1.18 bits per heavy atom. The summed E-state index contributed by atoms with van der Waals surface area (Å²) in [6.07, 6.45) is 1.55. The van der Waals surface area contributed by atoms with Crippen LogP contribution in [-0.4, -0.2) is 54.2 Å². The van der Waals surface area contributed by atoms with E-state index in [0.29, 0.717) is 0 Å². The van der Waals surface area contributed by atoms with Crippen molar-refractivity contribution in [3.63, 3.8) is 0 Å². The highest BCUT2D eigenvalue weighted by Gasteiger charge is 2.41. The van der Waals surface area contributed by atoms with Crippen molar-refractivity contribution < 1.29 is 13.2 Å². The molecule has 28 heavy (non-hydrogen) atoms. The zero-order chi connectivity index (χ0) is 20.5. The molecule has 2 heterocycles. The van der Waals surface area contributed by atoms with E-state index in [2.05, 4.69) is 28.1 Å². The topological polar surface area (TPSA) is 106 Å². The number of amidine groups is 3. The number of carbonyl (C=O) groups is 1. The summed E-state index contributed by atoms with van der Waals surface area (Å²) in [5, 5.41) is 8.24. The zero-order valence-electron chi connectivity index (χ0n) is 15.8. The van der Waals surface area contributed by atoms with E-state index < -0.39 is 15.7 Å². The minimum absolute atomic E-state index is 0.0286. The van der Waals surface area contributed by atoms with Gasteiger partial charge in [0.05, 0.1) is 23.3 Å². The number of aliphatic imine (C=N–C) groups is 1. The van der Waals surface area contributed by atoms with Crippen molar-refractivity contribution in [2.75, 3.05) is 23.7 Å². The van der Waals surface area contributed by atoms with E-state index in [1.54, 1.807) is 6.08 Å². The van der Waals surface area contributed by atoms with Crippen LogP contribution in [0.1, 0.15) is 26.3 Å². The Hall–Kier alpha value is -2.46. The molecule has 0 bridgehead atoms. The van der Waals surface area contributed by atoms with E-state index >= 15 is 0 Å². The number of hydrogen-bond donors (Lipinski definition) is 1. The number of benzene rings is 1. The molecule has 0 aliphatic carbocycles. The van der Waals surface area contributed by atoms with Crippen LogP contribution in [0, 0.1) is 5.41 Å². The number of nitrogens with zero attached hydrogens (tertiary/aromatic N) is 4. The molecule has 2 aliphatic rings. The molecular weight excluding hydrogens is 398 g/mol. The molecule has 1 aromatic rings. The molecule has 148 valence electrons. The molecule has 0 unspecified atom stereocenters. The van der Waals surface area contributed by atoms with Crippen LogP contribution in [0.2, 0.25) is 0 Å². The second-order valence-corrected chi connectivity index (χ2v) is 8.98. The number of nitrogens with one attached hydrogen (secondary N) is 1. The summed E-state index contributed by atoms with van der Waals surface area (Å²) in [5.41, 5.74) is 1.82. The van der Waals surface area contributed by atoms with Gasteiger partial charge in [0.1, 0.15) is 5.84 Å². The predicted molar refractivity (Wildman–Crippen MR) is 114 cm³/mol. The first kappa shape index (κ1) is 20.3. The van der Waals surface area contributed by atoms with Gasteiger partial charge in [-0.25, -0.2) is 13.3 Å². The Kier molecular flexibility index (Phi) is 5.71. The quantitative estimate of drug-likeness (QED) is 0.581. The Morgan fingerprint density at radius 2 is 1.82 bits per heavy atom. The lowest BCUT2D eigenvalue weighted by atomic mass is 10.1. The molecule has 2 aliphatic heterocycles. The molecule has 0 atom stereocenters. The molecule has 3 rings (SSSR count). The normalized spacial score (nSPS) is 18.2. The van der Waals surface area contributed by atoms with Gasteiger partial charge in [-0.15, -0.1) is 0 Å². The van der Waals surface area contributed by atoms with E-state index in [4.69, 9.17) is 5.41 Å². The van der Waals surface area contributed by atoms with Gasteiger partial charge in [-0.1, -0.05) is 19.1 Å². The van der Waals surface area contributed by atoms with Gasteiger partial charge >= 0.3 is 0 Å². The first-order valence-electron chi connectivity index (χ1n) is 8.88. The third-order valence-electron chi connectivity index (χ3n) is 4.49. The molecular formula is C18H21N5O3S2. The highest BCUT2D eigenvalue weighted by atomic mass is 32.2. The molecule has 0 aromatic heterocycles. The average Bonchev–Trinajstić information content (AvgIpc) is 3.12. The number of hydrogen-bond acceptors (Lipinski definition) is 7. The summed E-state index contributed by atoms with van der Waals surface area (Å²) in [6.45, 7) is 7.43. The lowest BCUT2D eigenvalue weighted by Crippen LogP contribution is -2.45. The van der Waals surface area contributed by atoms with E-state index in [1.165, 1.54) is 6.92 Å². The van der Waals surface area contributed by atoms with Gasteiger partial charge in [0.2, 0.25) is 20.2 Å². The molecule has 0 spiro atoms. The zero-order valence-corrected chi connectivity index (χ0v) is 17.5. The third kappa shape index (κ3) is 3.61. The lowest BCUT2D eigenvalue weighted by molar-refractivity contribution is -0.114. The summed E-state index contributed by atoms with van der Waals surface area (Å²) in [4.78, 5) is 19.6. The minimum atomic E-state index is -3.65. The lowest BCUT2D eigenvalue weighted by Gasteiger charge is -2.24. The standard InChI is InChI=1S/C18H21N5O3S2/c1-4-22(5-2)13-9-7-12(8-10-13)11-14-15(19)23-17(20-16(14)24)27-21-18(23)28(25,26)6-3/h7-11,19H,4-6H2,1-3H3/b14-11-,19-15?. The van der Waals surface area contributed by atoms with Crippen LogP contribution in [0.15, 0.2) is 39.2 Å². The summed E-state index contributed by atoms with van der Waals surface area (Å²) >= 11 is 0.793. The highest BCUT2D eigenvalue weighted by molar-refractivity contribution is 8.16. The first-order valence-corrected chi connectivity index (χ1v) is 11.3. The smallest absolute Gasteiger partial charge is 0.283 e. The van der Waals surface area contributed by atoms with Gasteiger partial charge in [-0.2, -0.15) is 9.39 Å². The van der Waals surface area contributed by atoms with Crippen molar-refractivity contribution in [1.29, 1.82) is 5.41 Å². The van der Waals surface area contributed by atoms with Crippen molar-refractivity contribution in [2.24, 2.45) is 9.39 Å². The fourth-order valence-electron chi connectivity index (χ4n) is 2.87. The van der Waals surface area contributed by atoms with Gasteiger partial charge in [-0.3, -0.25) is 10.2 Å². The Bertz CT molecular complexity index is 1010. The Morgan fingerprint density at radius 3 is 2.39 bits per heavy atom. The van der Waals surface area contributed by atoms with Gasteiger partial charge in [-0.05, 0) is 37.6 Å². The third-order valence-corrected chi connectivity index (χ3v) is 6.89.